The van der Waals surface area contributed by atoms with Gasteiger partial charge in [0.15, 0.2) is 11.5 Å². The average Bonchev–Trinajstić information content (AvgIpc) is 3.32. The average molecular weight is 424 g/mol. The predicted octanol–water partition coefficient (Wildman–Crippen LogP) is 3.77. The van der Waals surface area contributed by atoms with Crippen LogP contribution in [0.2, 0.25) is 0 Å². The van der Waals surface area contributed by atoms with Gasteiger partial charge in [-0.2, -0.15) is 5.26 Å². The molecule has 4 rings (SSSR count). The zero-order valence-electron chi connectivity index (χ0n) is 14.1. The van der Waals surface area contributed by atoms with E-state index in [2.05, 4.69) is 27.3 Å². The van der Waals surface area contributed by atoms with E-state index >= 15 is 0 Å². The van der Waals surface area contributed by atoms with Crippen molar-refractivity contribution >= 4 is 21.8 Å². The summed E-state index contributed by atoms with van der Waals surface area (Å²) < 4.78 is 13.2. The fourth-order valence-electron chi connectivity index (χ4n) is 2.92. The van der Waals surface area contributed by atoms with E-state index in [4.69, 9.17) is 9.47 Å². The molecule has 134 valence electrons. The van der Waals surface area contributed by atoms with Crippen LogP contribution in [0.1, 0.15) is 21.6 Å². The van der Waals surface area contributed by atoms with E-state index in [-0.39, 0.29) is 12.7 Å². The molecule has 1 aliphatic heterocycles. The SMILES string of the molecule is N#Cc1ccn(-c2ccccc2Br)c1C(=O)NCc1ccc2c(c1)OCO2. The highest BCUT2D eigenvalue weighted by molar-refractivity contribution is 9.10. The molecule has 0 spiro atoms. The van der Waals surface area contributed by atoms with Gasteiger partial charge in [0.1, 0.15) is 11.8 Å². The van der Waals surface area contributed by atoms with Crippen molar-refractivity contribution in [1.29, 1.82) is 5.26 Å². The summed E-state index contributed by atoms with van der Waals surface area (Å²) in [6.07, 6.45) is 1.72. The second kappa shape index (κ2) is 7.17. The zero-order valence-corrected chi connectivity index (χ0v) is 15.7. The largest absolute Gasteiger partial charge is 0.454 e. The van der Waals surface area contributed by atoms with Crippen LogP contribution in [0, 0.1) is 11.3 Å². The molecule has 1 aliphatic rings. The van der Waals surface area contributed by atoms with Gasteiger partial charge in [0, 0.05) is 17.2 Å². The first-order valence-corrected chi connectivity index (χ1v) is 9.00. The zero-order chi connectivity index (χ0) is 18.8. The third kappa shape index (κ3) is 3.27. The number of nitrogens with zero attached hydrogens (tertiary/aromatic N) is 2. The van der Waals surface area contributed by atoms with Crippen molar-refractivity contribution in [3.05, 3.63) is 76.0 Å². The van der Waals surface area contributed by atoms with E-state index in [0.29, 0.717) is 29.3 Å². The molecular formula is C20H14BrN3O3. The Kier molecular flexibility index (Phi) is 4.57. The fourth-order valence-corrected chi connectivity index (χ4v) is 3.39. The number of nitriles is 1. The first-order valence-electron chi connectivity index (χ1n) is 8.20. The van der Waals surface area contributed by atoms with Crippen LogP contribution in [-0.4, -0.2) is 17.3 Å². The lowest BCUT2D eigenvalue weighted by molar-refractivity contribution is 0.0943. The highest BCUT2D eigenvalue weighted by atomic mass is 79.9. The van der Waals surface area contributed by atoms with Gasteiger partial charge in [-0.3, -0.25) is 4.79 Å². The normalized spacial score (nSPS) is 11.9. The quantitative estimate of drug-likeness (QED) is 0.692. The Morgan fingerprint density at radius 2 is 2.00 bits per heavy atom. The molecule has 0 bridgehead atoms. The molecule has 0 radical (unpaired) electrons. The lowest BCUT2D eigenvalue weighted by Gasteiger charge is -2.12. The number of aromatic nitrogens is 1. The Morgan fingerprint density at radius 3 is 2.81 bits per heavy atom. The Labute approximate surface area is 164 Å². The molecule has 0 aliphatic carbocycles. The number of ether oxygens (including phenoxy) is 2. The van der Waals surface area contributed by atoms with Crippen molar-refractivity contribution in [3.8, 4) is 23.3 Å². The minimum atomic E-state index is -0.329. The molecule has 7 heteroatoms. The highest BCUT2D eigenvalue weighted by Crippen LogP contribution is 2.32. The van der Waals surface area contributed by atoms with Crippen LogP contribution in [-0.2, 0) is 6.54 Å². The van der Waals surface area contributed by atoms with Gasteiger partial charge in [-0.25, -0.2) is 0 Å². The van der Waals surface area contributed by atoms with E-state index < -0.39 is 0 Å². The van der Waals surface area contributed by atoms with Gasteiger partial charge in [-0.1, -0.05) is 18.2 Å². The molecule has 0 saturated heterocycles. The first kappa shape index (κ1) is 17.2. The van der Waals surface area contributed by atoms with Crippen molar-refractivity contribution in [2.24, 2.45) is 0 Å². The smallest absolute Gasteiger partial charge is 0.269 e. The number of rotatable bonds is 4. The predicted molar refractivity (Wildman–Crippen MR) is 102 cm³/mol. The number of halogens is 1. The second-order valence-corrected chi connectivity index (χ2v) is 6.74. The number of hydrogen-bond donors (Lipinski definition) is 1. The van der Waals surface area contributed by atoms with Crippen LogP contribution in [0.25, 0.3) is 5.69 Å². The summed E-state index contributed by atoms with van der Waals surface area (Å²) in [5.41, 5.74) is 2.27. The maximum atomic E-state index is 12.8. The molecule has 6 nitrogen and oxygen atoms in total. The number of amides is 1. The summed E-state index contributed by atoms with van der Waals surface area (Å²) in [7, 11) is 0. The van der Waals surface area contributed by atoms with Gasteiger partial charge >= 0.3 is 0 Å². The molecular weight excluding hydrogens is 410 g/mol. The van der Waals surface area contributed by atoms with Gasteiger partial charge < -0.3 is 19.4 Å². The summed E-state index contributed by atoms with van der Waals surface area (Å²) in [5.74, 6) is 1.03. The number of hydrogen-bond acceptors (Lipinski definition) is 4. The van der Waals surface area contributed by atoms with E-state index in [1.54, 1.807) is 16.8 Å². The molecule has 1 amide bonds. The summed E-state index contributed by atoms with van der Waals surface area (Å²) in [4.78, 5) is 12.8. The van der Waals surface area contributed by atoms with Crippen molar-refractivity contribution in [2.75, 3.05) is 6.79 Å². The Morgan fingerprint density at radius 1 is 1.19 bits per heavy atom. The molecule has 3 aromatic rings. The van der Waals surface area contributed by atoms with Gasteiger partial charge in [0.05, 0.1) is 11.3 Å². The number of para-hydroxylation sites is 1. The number of carbonyl (C=O) groups is 1. The van der Waals surface area contributed by atoms with E-state index in [1.807, 2.05) is 42.5 Å². The lowest BCUT2D eigenvalue weighted by atomic mass is 10.2. The molecule has 2 heterocycles. The fraction of sp³-hybridized carbons (Fsp3) is 0.100. The van der Waals surface area contributed by atoms with Gasteiger partial charge in [-0.15, -0.1) is 0 Å². The van der Waals surface area contributed by atoms with Crippen LogP contribution in [0.4, 0.5) is 0 Å². The van der Waals surface area contributed by atoms with Crippen LogP contribution >= 0.6 is 15.9 Å². The molecule has 0 saturated carbocycles. The Balaban J connectivity index is 1.59. The van der Waals surface area contributed by atoms with Crippen molar-refractivity contribution in [3.63, 3.8) is 0 Å². The monoisotopic (exact) mass is 423 g/mol. The molecule has 1 N–H and O–H groups in total. The number of benzene rings is 2. The van der Waals surface area contributed by atoms with Gasteiger partial charge in [0.25, 0.3) is 5.91 Å². The maximum absolute atomic E-state index is 12.8. The molecule has 0 atom stereocenters. The van der Waals surface area contributed by atoms with Crippen LogP contribution < -0.4 is 14.8 Å². The Bertz CT molecular complexity index is 1070. The molecule has 27 heavy (non-hydrogen) atoms. The summed E-state index contributed by atoms with van der Waals surface area (Å²) in [6.45, 7) is 0.512. The van der Waals surface area contributed by atoms with Crippen LogP contribution in [0.5, 0.6) is 11.5 Å². The van der Waals surface area contributed by atoms with Crippen molar-refractivity contribution < 1.29 is 14.3 Å². The number of fused-ring (bicyclic) bond motifs is 1. The van der Waals surface area contributed by atoms with Crippen LogP contribution in [0.15, 0.2) is 59.2 Å². The third-order valence-corrected chi connectivity index (χ3v) is 4.89. The molecule has 0 fully saturated rings. The molecule has 2 aromatic carbocycles. The van der Waals surface area contributed by atoms with Crippen LogP contribution in [0.3, 0.4) is 0 Å². The standard InChI is InChI=1S/C20H14BrN3O3/c21-15-3-1-2-4-16(15)24-8-7-14(10-22)19(24)20(25)23-11-13-5-6-17-18(9-13)27-12-26-17/h1-9H,11-12H2,(H,23,25). The van der Waals surface area contributed by atoms with E-state index in [0.717, 1.165) is 15.7 Å². The molecule has 0 unspecified atom stereocenters. The molecule has 1 aromatic heterocycles. The van der Waals surface area contributed by atoms with Crippen molar-refractivity contribution in [2.45, 2.75) is 6.54 Å². The lowest BCUT2D eigenvalue weighted by Crippen LogP contribution is -2.26. The summed E-state index contributed by atoms with van der Waals surface area (Å²) in [5, 5.41) is 12.3. The second-order valence-electron chi connectivity index (χ2n) is 5.88. The van der Waals surface area contributed by atoms with E-state index in [9.17, 15) is 10.1 Å². The third-order valence-electron chi connectivity index (χ3n) is 4.22. The van der Waals surface area contributed by atoms with Crippen molar-refractivity contribution in [1.82, 2.24) is 9.88 Å². The van der Waals surface area contributed by atoms with Gasteiger partial charge in [0.2, 0.25) is 6.79 Å². The summed E-state index contributed by atoms with van der Waals surface area (Å²) >= 11 is 3.49. The Hall–Kier alpha value is -3.24. The topological polar surface area (TPSA) is 76.3 Å². The minimum Gasteiger partial charge on any atom is -0.454 e. The van der Waals surface area contributed by atoms with Gasteiger partial charge in [-0.05, 0) is 51.8 Å². The highest BCUT2D eigenvalue weighted by Gasteiger charge is 2.20. The van der Waals surface area contributed by atoms with E-state index in [1.165, 1.54) is 0 Å². The number of nitrogens with one attached hydrogen (secondary N) is 1. The summed E-state index contributed by atoms with van der Waals surface area (Å²) in [6, 6.07) is 16.8. The maximum Gasteiger partial charge on any atom is 0.269 e. The first-order chi connectivity index (χ1) is 13.2. The number of carbonyl (C=O) groups excluding carboxylic acids is 1. The minimum absolute atomic E-state index is 0.205.